The fraction of sp³-hybridized carbons (Fsp3) is 0.571. The molecule has 0 amide bonds. The van der Waals surface area contributed by atoms with Crippen LogP contribution in [-0.4, -0.2) is 33.0 Å². The summed E-state index contributed by atoms with van der Waals surface area (Å²) in [5, 5.41) is 0. The summed E-state index contributed by atoms with van der Waals surface area (Å²) in [5.41, 5.74) is 7.04. The highest BCUT2D eigenvalue weighted by Crippen LogP contribution is 2.06. The second kappa shape index (κ2) is 9.03. The number of hydrogen-bond donors (Lipinski definition) is 1. The standard InChI is InChI=1S/C14H22FNO2/c1-17-8-2-9-18-10-7-14(16)11-12-3-5-13(15)6-4-12/h3-6,14H,2,7-11,16H2,1H3. The first kappa shape index (κ1) is 15.1. The van der Waals surface area contributed by atoms with Crippen molar-refractivity contribution < 1.29 is 13.9 Å². The zero-order chi connectivity index (χ0) is 13.2. The Morgan fingerprint density at radius 3 is 2.56 bits per heavy atom. The lowest BCUT2D eigenvalue weighted by Gasteiger charge is -2.12. The first-order chi connectivity index (χ1) is 8.72. The molecule has 1 aromatic carbocycles. The van der Waals surface area contributed by atoms with Crippen molar-refractivity contribution in [2.75, 3.05) is 26.9 Å². The molecule has 4 heteroatoms. The molecule has 0 bridgehead atoms. The molecule has 0 heterocycles. The van der Waals surface area contributed by atoms with E-state index in [1.165, 1.54) is 12.1 Å². The predicted octanol–water partition coefficient (Wildman–Crippen LogP) is 2.14. The van der Waals surface area contributed by atoms with Gasteiger partial charge in [-0.2, -0.15) is 0 Å². The lowest BCUT2D eigenvalue weighted by molar-refractivity contribution is 0.0984. The van der Waals surface area contributed by atoms with Gasteiger partial charge < -0.3 is 15.2 Å². The van der Waals surface area contributed by atoms with Crippen molar-refractivity contribution >= 4 is 0 Å². The van der Waals surface area contributed by atoms with Crippen molar-refractivity contribution in [1.29, 1.82) is 0 Å². The zero-order valence-electron chi connectivity index (χ0n) is 10.9. The number of benzene rings is 1. The summed E-state index contributed by atoms with van der Waals surface area (Å²) in [6.45, 7) is 2.09. The van der Waals surface area contributed by atoms with Crippen molar-refractivity contribution in [3.05, 3.63) is 35.6 Å². The molecule has 102 valence electrons. The minimum absolute atomic E-state index is 0.0536. The second-order valence-corrected chi connectivity index (χ2v) is 4.34. The SMILES string of the molecule is COCCCOCCC(N)Cc1ccc(F)cc1. The normalized spacial score (nSPS) is 12.6. The monoisotopic (exact) mass is 255 g/mol. The minimum Gasteiger partial charge on any atom is -0.385 e. The lowest BCUT2D eigenvalue weighted by atomic mass is 10.0. The van der Waals surface area contributed by atoms with Gasteiger partial charge in [-0.25, -0.2) is 4.39 Å². The fourth-order valence-corrected chi connectivity index (χ4v) is 1.67. The Hall–Kier alpha value is -0.970. The summed E-state index contributed by atoms with van der Waals surface area (Å²) in [7, 11) is 1.68. The van der Waals surface area contributed by atoms with Gasteiger partial charge in [-0.3, -0.25) is 0 Å². The van der Waals surface area contributed by atoms with E-state index in [1.54, 1.807) is 19.2 Å². The molecule has 1 unspecified atom stereocenters. The van der Waals surface area contributed by atoms with E-state index in [0.717, 1.165) is 31.4 Å². The molecule has 0 aromatic heterocycles. The molecular formula is C14H22FNO2. The minimum atomic E-state index is -0.214. The van der Waals surface area contributed by atoms with Crippen molar-refractivity contribution in [3.63, 3.8) is 0 Å². The van der Waals surface area contributed by atoms with Gasteiger partial charge in [-0.1, -0.05) is 12.1 Å². The Morgan fingerprint density at radius 2 is 1.89 bits per heavy atom. The van der Waals surface area contributed by atoms with E-state index in [-0.39, 0.29) is 11.9 Å². The predicted molar refractivity (Wildman–Crippen MR) is 70.0 cm³/mol. The Labute approximate surface area is 108 Å². The molecule has 2 N–H and O–H groups in total. The van der Waals surface area contributed by atoms with Crippen LogP contribution in [0.2, 0.25) is 0 Å². The molecule has 0 radical (unpaired) electrons. The first-order valence-electron chi connectivity index (χ1n) is 6.29. The number of methoxy groups -OCH3 is 1. The molecule has 0 saturated carbocycles. The molecule has 18 heavy (non-hydrogen) atoms. The number of hydrogen-bond acceptors (Lipinski definition) is 3. The maximum absolute atomic E-state index is 12.7. The number of nitrogens with two attached hydrogens (primary N) is 1. The summed E-state index contributed by atoms with van der Waals surface area (Å²) in [6, 6.07) is 6.52. The third kappa shape index (κ3) is 6.69. The highest BCUT2D eigenvalue weighted by atomic mass is 19.1. The number of rotatable bonds is 9. The van der Waals surface area contributed by atoms with Crippen molar-refractivity contribution in [2.24, 2.45) is 5.73 Å². The van der Waals surface area contributed by atoms with Gasteiger partial charge in [0.25, 0.3) is 0 Å². The van der Waals surface area contributed by atoms with E-state index in [1.807, 2.05) is 0 Å². The van der Waals surface area contributed by atoms with Crippen LogP contribution in [0, 0.1) is 5.82 Å². The fourth-order valence-electron chi connectivity index (χ4n) is 1.67. The Kier molecular flexibility index (Phi) is 7.57. The van der Waals surface area contributed by atoms with E-state index < -0.39 is 0 Å². The van der Waals surface area contributed by atoms with E-state index in [4.69, 9.17) is 15.2 Å². The molecule has 3 nitrogen and oxygen atoms in total. The third-order valence-corrected chi connectivity index (χ3v) is 2.68. The van der Waals surface area contributed by atoms with Crippen LogP contribution in [0.3, 0.4) is 0 Å². The van der Waals surface area contributed by atoms with Gasteiger partial charge in [0, 0.05) is 33.0 Å². The highest BCUT2D eigenvalue weighted by molar-refractivity contribution is 5.16. The Bertz CT molecular complexity index is 316. The summed E-state index contributed by atoms with van der Waals surface area (Å²) in [5.74, 6) is -0.214. The topological polar surface area (TPSA) is 44.5 Å². The van der Waals surface area contributed by atoms with Gasteiger partial charge in [0.15, 0.2) is 0 Å². The van der Waals surface area contributed by atoms with Gasteiger partial charge in [0.1, 0.15) is 5.82 Å². The van der Waals surface area contributed by atoms with Crippen LogP contribution >= 0.6 is 0 Å². The van der Waals surface area contributed by atoms with Crippen LogP contribution < -0.4 is 5.73 Å². The van der Waals surface area contributed by atoms with Crippen LogP contribution in [0.5, 0.6) is 0 Å². The first-order valence-corrected chi connectivity index (χ1v) is 6.29. The van der Waals surface area contributed by atoms with E-state index in [9.17, 15) is 4.39 Å². The van der Waals surface area contributed by atoms with Gasteiger partial charge >= 0.3 is 0 Å². The average molecular weight is 255 g/mol. The Morgan fingerprint density at radius 1 is 1.17 bits per heavy atom. The lowest BCUT2D eigenvalue weighted by Crippen LogP contribution is -2.24. The summed E-state index contributed by atoms with van der Waals surface area (Å²) >= 11 is 0. The molecule has 0 spiro atoms. The number of halogens is 1. The van der Waals surface area contributed by atoms with E-state index >= 15 is 0 Å². The summed E-state index contributed by atoms with van der Waals surface area (Å²) in [6.07, 6.45) is 2.47. The molecule has 0 saturated heterocycles. The molecule has 0 fully saturated rings. The van der Waals surface area contributed by atoms with E-state index in [2.05, 4.69) is 0 Å². The van der Waals surface area contributed by atoms with Gasteiger partial charge in [-0.05, 0) is 37.0 Å². The van der Waals surface area contributed by atoms with Gasteiger partial charge in [0.2, 0.25) is 0 Å². The quantitative estimate of drug-likeness (QED) is 0.688. The van der Waals surface area contributed by atoms with Crippen molar-refractivity contribution in [2.45, 2.75) is 25.3 Å². The van der Waals surface area contributed by atoms with Crippen LogP contribution in [0.15, 0.2) is 24.3 Å². The van der Waals surface area contributed by atoms with Crippen LogP contribution in [-0.2, 0) is 15.9 Å². The third-order valence-electron chi connectivity index (χ3n) is 2.68. The maximum atomic E-state index is 12.7. The van der Waals surface area contributed by atoms with Crippen LogP contribution in [0.1, 0.15) is 18.4 Å². The van der Waals surface area contributed by atoms with Crippen molar-refractivity contribution in [3.8, 4) is 0 Å². The van der Waals surface area contributed by atoms with Gasteiger partial charge in [0.05, 0.1) is 0 Å². The van der Waals surface area contributed by atoms with Crippen LogP contribution in [0.4, 0.5) is 4.39 Å². The Balaban J connectivity index is 2.10. The number of ether oxygens (including phenoxy) is 2. The molecule has 0 aliphatic carbocycles. The smallest absolute Gasteiger partial charge is 0.123 e. The van der Waals surface area contributed by atoms with Crippen molar-refractivity contribution in [1.82, 2.24) is 0 Å². The average Bonchev–Trinajstić information content (AvgIpc) is 2.36. The largest absolute Gasteiger partial charge is 0.385 e. The second-order valence-electron chi connectivity index (χ2n) is 4.34. The summed E-state index contributed by atoms with van der Waals surface area (Å²) < 4.78 is 23.1. The molecule has 1 atom stereocenters. The van der Waals surface area contributed by atoms with E-state index in [0.29, 0.717) is 13.2 Å². The molecule has 1 rings (SSSR count). The van der Waals surface area contributed by atoms with Gasteiger partial charge in [-0.15, -0.1) is 0 Å². The molecular weight excluding hydrogens is 233 g/mol. The van der Waals surface area contributed by atoms with Crippen LogP contribution in [0.25, 0.3) is 0 Å². The zero-order valence-corrected chi connectivity index (χ0v) is 10.9. The molecule has 0 aliphatic heterocycles. The molecule has 1 aromatic rings. The highest BCUT2D eigenvalue weighted by Gasteiger charge is 2.04. The maximum Gasteiger partial charge on any atom is 0.123 e. The summed E-state index contributed by atoms with van der Waals surface area (Å²) in [4.78, 5) is 0. The molecule has 0 aliphatic rings.